The van der Waals surface area contributed by atoms with E-state index in [0.717, 1.165) is 0 Å². The Labute approximate surface area is 237 Å². The van der Waals surface area contributed by atoms with Crippen LogP contribution >= 0.6 is 23.1 Å². The van der Waals surface area contributed by atoms with E-state index in [-0.39, 0.29) is 41.0 Å². The van der Waals surface area contributed by atoms with Crippen molar-refractivity contribution in [1.82, 2.24) is 10.2 Å². The van der Waals surface area contributed by atoms with Crippen molar-refractivity contribution in [3.05, 3.63) is 65.0 Å². The Kier molecular flexibility index (Phi) is 6.52. The Hall–Kier alpha value is -4.28. The minimum atomic E-state index is -0.684. The highest BCUT2D eigenvalue weighted by atomic mass is 32.2. The van der Waals surface area contributed by atoms with E-state index in [2.05, 4.69) is 21.6 Å². The lowest BCUT2D eigenvalue weighted by molar-refractivity contribution is -0.118. The minimum absolute atomic E-state index is 0.0581. The number of nitrogens with zero attached hydrogens (tertiary/aromatic N) is 4. The van der Waals surface area contributed by atoms with Gasteiger partial charge in [-0.05, 0) is 36.1 Å². The maximum atomic E-state index is 13.5. The second kappa shape index (κ2) is 10.0. The molecular weight excluding hydrogens is 552 g/mol. The first kappa shape index (κ1) is 26.0. The molecule has 1 unspecified atom stereocenters. The maximum Gasteiger partial charge on any atom is 0.234 e. The quantitative estimate of drug-likeness (QED) is 0.397. The van der Waals surface area contributed by atoms with Crippen LogP contribution in [0.25, 0.3) is 0 Å². The Morgan fingerprint density at radius 1 is 1.27 bits per heavy atom. The molecule has 3 N–H and O–H groups in total. The van der Waals surface area contributed by atoms with Crippen LogP contribution in [0.1, 0.15) is 38.4 Å². The summed E-state index contributed by atoms with van der Waals surface area (Å²) in [4.78, 5) is 27.8. The van der Waals surface area contributed by atoms with Gasteiger partial charge in [0, 0.05) is 29.4 Å². The first-order chi connectivity index (χ1) is 19.2. The van der Waals surface area contributed by atoms with Crippen LogP contribution in [0.3, 0.4) is 0 Å². The van der Waals surface area contributed by atoms with Crippen LogP contribution < -0.4 is 25.4 Å². The number of ketones is 1. The number of ether oxygens (including phenoxy) is 2. The van der Waals surface area contributed by atoms with Gasteiger partial charge in [0.1, 0.15) is 11.6 Å². The van der Waals surface area contributed by atoms with E-state index in [4.69, 9.17) is 19.6 Å². The largest absolute Gasteiger partial charge is 0.468 e. The summed E-state index contributed by atoms with van der Waals surface area (Å²) in [5, 5.41) is 21.9. The number of thioether (sulfide) groups is 1. The number of carbonyl (C=O) groups is 2. The number of Topliss-reactive ketones (excluding diaryl/α,β-unsaturated/α-hetero) is 1. The third-order valence-corrected chi connectivity index (χ3v) is 8.82. The average molecular weight is 577 g/mol. The molecule has 4 heterocycles. The third-order valence-electron chi connectivity index (χ3n) is 6.78. The number of amides is 1. The van der Waals surface area contributed by atoms with E-state index in [0.29, 0.717) is 56.5 Å². The predicted molar refractivity (Wildman–Crippen MR) is 148 cm³/mol. The molecule has 2 aliphatic heterocycles. The number of carbonyl (C=O) groups excluding carboxylic acids is 2. The Morgan fingerprint density at radius 2 is 2.10 bits per heavy atom. The maximum absolute atomic E-state index is 13.5. The summed E-state index contributed by atoms with van der Waals surface area (Å²) in [5.74, 6) is 1.01. The van der Waals surface area contributed by atoms with Crippen molar-refractivity contribution in [1.29, 1.82) is 5.26 Å². The second-order valence-corrected chi connectivity index (χ2v) is 12.4. The van der Waals surface area contributed by atoms with Gasteiger partial charge >= 0.3 is 0 Å². The molecule has 13 heteroatoms. The average Bonchev–Trinajstić information content (AvgIpc) is 3.68. The van der Waals surface area contributed by atoms with Crippen molar-refractivity contribution in [2.24, 2.45) is 11.1 Å². The van der Waals surface area contributed by atoms with Crippen molar-refractivity contribution in [2.75, 3.05) is 22.8 Å². The van der Waals surface area contributed by atoms with Gasteiger partial charge in [0.25, 0.3) is 0 Å². The number of rotatable bonds is 6. The SMILES string of the molecule is CC1(C)CC(=O)C2=C(C1)N(c1nnc(SCC(=O)Nc3ccc4c(c3)OCO4)s1)C(N)=C(C#N)C2c1ccco1. The number of allylic oxidation sites excluding steroid dienone is 3. The first-order valence-corrected chi connectivity index (χ1v) is 14.2. The molecule has 0 saturated heterocycles. The molecule has 1 aliphatic carbocycles. The highest BCUT2D eigenvalue weighted by Gasteiger charge is 2.46. The van der Waals surface area contributed by atoms with Gasteiger partial charge in [0.05, 0.1) is 29.6 Å². The lowest BCUT2D eigenvalue weighted by atomic mass is 9.69. The van der Waals surface area contributed by atoms with Crippen LogP contribution in [0.2, 0.25) is 0 Å². The lowest BCUT2D eigenvalue weighted by Crippen LogP contribution is -2.42. The fraction of sp³-hybridized carbons (Fsp3) is 0.296. The molecule has 0 saturated carbocycles. The molecule has 6 rings (SSSR count). The number of nitriles is 1. The van der Waals surface area contributed by atoms with Crippen LogP contribution in [0.5, 0.6) is 11.5 Å². The summed E-state index contributed by atoms with van der Waals surface area (Å²) in [6, 6.07) is 10.9. The van der Waals surface area contributed by atoms with Gasteiger partial charge in [0.2, 0.25) is 17.8 Å². The van der Waals surface area contributed by atoms with Gasteiger partial charge in [-0.15, -0.1) is 10.2 Å². The molecule has 3 aliphatic rings. The third kappa shape index (κ3) is 4.69. The number of hydrogen-bond donors (Lipinski definition) is 2. The molecule has 40 heavy (non-hydrogen) atoms. The van der Waals surface area contributed by atoms with Crippen LogP contribution in [-0.4, -0.2) is 34.4 Å². The summed E-state index contributed by atoms with van der Waals surface area (Å²) < 4.78 is 16.8. The molecule has 3 aromatic rings. The van der Waals surface area contributed by atoms with E-state index in [1.54, 1.807) is 35.2 Å². The molecule has 0 spiro atoms. The predicted octanol–water partition coefficient (Wildman–Crippen LogP) is 4.53. The van der Waals surface area contributed by atoms with Crippen LogP contribution in [-0.2, 0) is 9.59 Å². The van der Waals surface area contributed by atoms with Crippen molar-refractivity contribution < 1.29 is 23.5 Å². The van der Waals surface area contributed by atoms with Crippen molar-refractivity contribution >= 4 is 45.6 Å². The van der Waals surface area contributed by atoms with E-state index < -0.39 is 5.92 Å². The summed E-state index contributed by atoms with van der Waals surface area (Å²) in [6.07, 6.45) is 2.40. The van der Waals surface area contributed by atoms with Gasteiger partial charge in [-0.25, -0.2) is 0 Å². The van der Waals surface area contributed by atoms with Crippen LogP contribution in [0.4, 0.5) is 10.8 Å². The van der Waals surface area contributed by atoms with Gasteiger partial charge in [-0.1, -0.05) is 36.9 Å². The number of benzene rings is 1. The molecule has 11 nitrogen and oxygen atoms in total. The molecule has 1 atom stereocenters. The smallest absolute Gasteiger partial charge is 0.234 e. The van der Waals surface area contributed by atoms with Crippen LogP contribution in [0.15, 0.2) is 68.0 Å². The Bertz CT molecular complexity index is 1620. The standard InChI is InChI=1S/C27H24N6O5S2/c1-27(2)9-16-23(17(34)10-27)22(19-4-3-7-36-19)15(11-28)24(29)33(16)25-31-32-26(40-25)39-12-21(35)30-14-5-6-18-20(8-14)38-13-37-18/h3-8,22H,9-10,12-13,29H2,1-2H3,(H,30,35). The highest BCUT2D eigenvalue weighted by molar-refractivity contribution is 8.01. The molecule has 204 valence electrons. The van der Waals surface area contributed by atoms with Gasteiger partial charge in [-0.3, -0.25) is 14.5 Å². The summed E-state index contributed by atoms with van der Waals surface area (Å²) >= 11 is 2.46. The number of anilines is 2. The molecule has 2 aromatic heterocycles. The Balaban J connectivity index is 1.25. The zero-order valence-corrected chi connectivity index (χ0v) is 23.2. The number of fused-ring (bicyclic) bond motifs is 1. The van der Waals surface area contributed by atoms with Crippen molar-refractivity contribution in [3.63, 3.8) is 0 Å². The molecule has 1 amide bonds. The molecular formula is C27H24N6O5S2. The fourth-order valence-corrected chi connectivity index (χ4v) is 6.80. The highest BCUT2D eigenvalue weighted by Crippen LogP contribution is 2.50. The van der Waals surface area contributed by atoms with Gasteiger partial charge in [-0.2, -0.15) is 5.26 Å². The second-order valence-electron chi connectivity index (χ2n) is 10.3. The number of nitrogens with two attached hydrogens (primary N) is 1. The molecule has 0 radical (unpaired) electrons. The number of hydrogen-bond acceptors (Lipinski definition) is 12. The number of nitrogens with one attached hydrogen (secondary N) is 1. The lowest BCUT2D eigenvalue weighted by Gasteiger charge is -2.42. The van der Waals surface area contributed by atoms with E-state index in [1.807, 2.05) is 13.8 Å². The Morgan fingerprint density at radius 3 is 2.88 bits per heavy atom. The van der Waals surface area contributed by atoms with E-state index >= 15 is 0 Å². The molecule has 1 aromatic carbocycles. The number of furan rings is 1. The topological polar surface area (TPSA) is 157 Å². The minimum Gasteiger partial charge on any atom is -0.468 e. The fourth-order valence-electron chi connectivity index (χ4n) is 5.12. The van der Waals surface area contributed by atoms with E-state index in [9.17, 15) is 14.9 Å². The van der Waals surface area contributed by atoms with Crippen LogP contribution in [0, 0.1) is 16.7 Å². The summed E-state index contributed by atoms with van der Waals surface area (Å²) in [6.45, 7) is 4.20. The number of aromatic nitrogens is 2. The first-order valence-electron chi connectivity index (χ1n) is 12.4. The van der Waals surface area contributed by atoms with Crippen molar-refractivity contribution in [2.45, 2.75) is 36.9 Å². The molecule has 0 fully saturated rings. The summed E-state index contributed by atoms with van der Waals surface area (Å²) in [5.41, 5.74) is 8.28. The van der Waals surface area contributed by atoms with E-state index in [1.165, 1.54) is 29.4 Å². The zero-order valence-electron chi connectivity index (χ0n) is 21.6. The molecule has 0 bridgehead atoms. The van der Waals surface area contributed by atoms with Gasteiger partial charge in [0.15, 0.2) is 21.6 Å². The monoisotopic (exact) mass is 576 g/mol. The van der Waals surface area contributed by atoms with Gasteiger partial charge < -0.3 is 24.9 Å². The van der Waals surface area contributed by atoms with Crippen molar-refractivity contribution in [3.8, 4) is 17.6 Å². The summed E-state index contributed by atoms with van der Waals surface area (Å²) in [7, 11) is 0. The normalized spacial score (nSPS) is 19.5. The zero-order chi connectivity index (χ0) is 28.0.